The maximum absolute atomic E-state index is 12.9. The van der Waals surface area contributed by atoms with Crippen molar-refractivity contribution in [3.05, 3.63) is 52.5 Å². The number of alkyl halides is 3. The summed E-state index contributed by atoms with van der Waals surface area (Å²) in [5.74, 6) is -1.04. The standard InChI is InChI=1S/C16H15F3N8O/c1-10-9-12(27-14(21-10)22-13(24-27)16(17,18)19)20-6-4-8-26-15(28)25-7-3-2-5-11(25)23-26/h2-3,5,7,9,20H,4,6,8H2,1H3. The fourth-order valence-electron chi connectivity index (χ4n) is 2.79. The van der Waals surface area contributed by atoms with E-state index in [0.29, 0.717) is 36.7 Å². The van der Waals surface area contributed by atoms with Crippen molar-refractivity contribution in [2.45, 2.75) is 26.1 Å². The Hall–Kier alpha value is -3.44. The van der Waals surface area contributed by atoms with Gasteiger partial charge in [0.1, 0.15) is 5.82 Å². The van der Waals surface area contributed by atoms with E-state index in [4.69, 9.17) is 0 Å². The number of halogens is 3. The van der Waals surface area contributed by atoms with Crippen molar-refractivity contribution in [3.8, 4) is 0 Å². The first kappa shape index (κ1) is 17.9. The number of pyridine rings is 1. The van der Waals surface area contributed by atoms with Gasteiger partial charge < -0.3 is 5.32 Å². The van der Waals surface area contributed by atoms with Crippen LogP contribution in [0.15, 0.2) is 35.3 Å². The van der Waals surface area contributed by atoms with Crippen LogP contribution in [0.4, 0.5) is 19.0 Å². The number of nitrogens with one attached hydrogen (secondary N) is 1. The van der Waals surface area contributed by atoms with Gasteiger partial charge in [-0.1, -0.05) is 6.07 Å². The van der Waals surface area contributed by atoms with Crippen LogP contribution in [-0.4, -0.2) is 40.3 Å². The minimum Gasteiger partial charge on any atom is -0.370 e. The van der Waals surface area contributed by atoms with Gasteiger partial charge in [-0.05, 0) is 25.5 Å². The minimum absolute atomic E-state index is 0.133. The first-order valence-electron chi connectivity index (χ1n) is 8.42. The molecule has 0 radical (unpaired) electrons. The van der Waals surface area contributed by atoms with E-state index in [-0.39, 0.29) is 11.5 Å². The molecule has 0 amide bonds. The summed E-state index contributed by atoms with van der Waals surface area (Å²) < 4.78 is 42.4. The van der Waals surface area contributed by atoms with Crippen LogP contribution in [0.25, 0.3) is 11.4 Å². The molecule has 0 saturated heterocycles. The first-order chi connectivity index (χ1) is 13.3. The molecular formula is C16H15F3N8O. The second-order valence-corrected chi connectivity index (χ2v) is 6.14. The van der Waals surface area contributed by atoms with Crippen LogP contribution in [0.3, 0.4) is 0 Å². The molecule has 0 fully saturated rings. The van der Waals surface area contributed by atoms with E-state index in [1.807, 2.05) is 0 Å². The zero-order valence-corrected chi connectivity index (χ0v) is 14.7. The molecule has 0 spiro atoms. The number of hydrogen-bond acceptors (Lipinski definition) is 6. The largest absolute Gasteiger partial charge is 0.453 e. The summed E-state index contributed by atoms with van der Waals surface area (Å²) in [7, 11) is 0. The smallest absolute Gasteiger partial charge is 0.370 e. The van der Waals surface area contributed by atoms with Gasteiger partial charge in [0.2, 0.25) is 0 Å². The summed E-state index contributed by atoms with van der Waals surface area (Å²) >= 11 is 0. The molecular weight excluding hydrogens is 377 g/mol. The predicted octanol–water partition coefficient (Wildman–Crippen LogP) is 1.76. The lowest BCUT2D eigenvalue weighted by atomic mass is 10.4. The van der Waals surface area contributed by atoms with E-state index in [9.17, 15) is 18.0 Å². The number of anilines is 1. The van der Waals surface area contributed by atoms with Crippen LogP contribution in [0.2, 0.25) is 0 Å². The molecule has 0 saturated carbocycles. The molecule has 4 rings (SSSR count). The summed E-state index contributed by atoms with van der Waals surface area (Å²) in [6, 6.07) is 6.85. The molecule has 0 aliphatic heterocycles. The van der Waals surface area contributed by atoms with Crippen molar-refractivity contribution in [1.82, 2.24) is 33.8 Å². The summed E-state index contributed by atoms with van der Waals surface area (Å²) in [6.45, 7) is 2.40. The molecule has 146 valence electrons. The molecule has 4 aromatic heterocycles. The average molecular weight is 392 g/mol. The third kappa shape index (κ3) is 3.28. The van der Waals surface area contributed by atoms with Gasteiger partial charge in [-0.15, -0.1) is 10.2 Å². The number of hydrogen-bond donors (Lipinski definition) is 1. The monoisotopic (exact) mass is 392 g/mol. The highest BCUT2D eigenvalue weighted by Crippen LogP contribution is 2.27. The normalized spacial score (nSPS) is 12.1. The zero-order valence-electron chi connectivity index (χ0n) is 14.7. The van der Waals surface area contributed by atoms with Crippen molar-refractivity contribution in [1.29, 1.82) is 0 Å². The molecule has 1 N–H and O–H groups in total. The molecule has 0 aromatic carbocycles. The van der Waals surface area contributed by atoms with Crippen LogP contribution >= 0.6 is 0 Å². The van der Waals surface area contributed by atoms with Crippen molar-refractivity contribution in [3.63, 3.8) is 0 Å². The van der Waals surface area contributed by atoms with E-state index < -0.39 is 12.0 Å². The van der Waals surface area contributed by atoms with Gasteiger partial charge in [-0.2, -0.15) is 22.7 Å². The van der Waals surface area contributed by atoms with Crippen LogP contribution < -0.4 is 11.0 Å². The third-order valence-corrected chi connectivity index (χ3v) is 4.03. The third-order valence-electron chi connectivity index (χ3n) is 4.03. The number of fused-ring (bicyclic) bond motifs is 2. The quantitative estimate of drug-likeness (QED) is 0.520. The lowest BCUT2D eigenvalue weighted by Gasteiger charge is -2.08. The van der Waals surface area contributed by atoms with Crippen molar-refractivity contribution >= 4 is 17.2 Å². The maximum Gasteiger partial charge on any atom is 0.453 e. The summed E-state index contributed by atoms with van der Waals surface area (Å²) in [5.41, 5.74) is 0.811. The van der Waals surface area contributed by atoms with E-state index in [1.165, 1.54) is 9.08 Å². The number of aryl methyl sites for hydroxylation is 2. The summed E-state index contributed by atoms with van der Waals surface area (Å²) in [5, 5.41) is 10.7. The molecule has 0 bridgehead atoms. The van der Waals surface area contributed by atoms with Gasteiger partial charge in [0.25, 0.3) is 11.6 Å². The van der Waals surface area contributed by atoms with Crippen LogP contribution in [0.5, 0.6) is 0 Å². The molecule has 0 unspecified atom stereocenters. The van der Waals surface area contributed by atoms with Crippen LogP contribution in [0, 0.1) is 6.92 Å². The van der Waals surface area contributed by atoms with Gasteiger partial charge in [-0.3, -0.25) is 4.40 Å². The lowest BCUT2D eigenvalue weighted by Crippen LogP contribution is -2.22. The molecule has 12 heteroatoms. The minimum atomic E-state index is -4.65. The highest BCUT2D eigenvalue weighted by atomic mass is 19.4. The van der Waals surface area contributed by atoms with Crippen molar-refractivity contribution < 1.29 is 13.2 Å². The van der Waals surface area contributed by atoms with Gasteiger partial charge in [-0.25, -0.2) is 14.5 Å². The van der Waals surface area contributed by atoms with Crippen molar-refractivity contribution in [2.24, 2.45) is 0 Å². The second kappa shape index (κ2) is 6.62. The molecule has 4 aromatic rings. The topological polar surface area (TPSA) is 94.4 Å². The highest BCUT2D eigenvalue weighted by Gasteiger charge is 2.36. The Morgan fingerprint density at radius 1 is 1.18 bits per heavy atom. The fraction of sp³-hybridized carbons (Fsp3) is 0.312. The van der Waals surface area contributed by atoms with E-state index in [1.54, 1.807) is 37.4 Å². The SMILES string of the molecule is Cc1cc(NCCCn2nc3ccccn3c2=O)n2nc(C(F)(F)F)nc2n1. The maximum atomic E-state index is 12.9. The number of aromatic nitrogens is 7. The zero-order chi connectivity index (χ0) is 19.9. The Morgan fingerprint density at radius 2 is 2.00 bits per heavy atom. The van der Waals surface area contributed by atoms with Gasteiger partial charge in [0.15, 0.2) is 5.65 Å². The Balaban J connectivity index is 1.48. The molecule has 4 heterocycles. The lowest BCUT2D eigenvalue weighted by molar-refractivity contribution is -0.144. The fourth-order valence-corrected chi connectivity index (χ4v) is 2.79. The Kier molecular flexibility index (Phi) is 4.24. The first-order valence-corrected chi connectivity index (χ1v) is 8.42. The average Bonchev–Trinajstić information content (AvgIpc) is 3.20. The number of nitrogens with zero attached hydrogens (tertiary/aromatic N) is 7. The highest BCUT2D eigenvalue weighted by molar-refractivity contribution is 5.45. The van der Waals surface area contributed by atoms with Crippen molar-refractivity contribution in [2.75, 3.05) is 11.9 Å². The van der Waals surface area contributed by atoms with Gasteiger partial charge in [0, 0.05) is 31.0 Å². The van der Waals surface area contributed by atoms with Crippen LogP contribution in [0.1, 0.15) is 17.9 Å². The van der Waals surface area contributed by atoms with E-state index >= 15 is 0 Å². The Labute approximate surface area is 155 Å². The molecule has 9 nitrogen and oxygen atoms in total. The molecule has 0 atom stereocenters. The summed E-state index contributed by atoms with van der Waals surface area (Å²) in [4.78, 5) is 19.6. The van der Waals surface area contributed by atoms with E-state index in [2.05, 4.69) is 25.5 Å². The van der Waals surface area contributed by atoms with Crippen LogP contribution in [-0.2, 0) is 12.7 Å². The summed E-state index contributed by atoms with van der Waals surface area (Å²) in [6.07, 6.45) is -2.49. The second-order valence-electron chi connectivity index (χ2n) is 6.14. The molecule has 28 heavy (non-hydrogen) atoms. The Bertz CT molecular complexity index is 1210. The molecule has 0 aliphatic carbocycles. The van der Waals surface area contributed by atoms with Gasteiger partial charge in [0.05, 0.1) is 0 Å². The Morgan fingerprint density at radius 3 is 2.75 bits per heavy atom. The molecule has 0 aliphatic rings. The number of rotatable bonds is 5. The van der Waals surface area contributed by atoms with Gasteiger partial charge >= 0.3 is 11.9 Å². The van der Waals surface area contributed by atoms with E-state index in [0.717, 1.165) is 4.52 Å². The predicted molar refractivity (Wildman–Crippen MR) is 93.1 cm³/mol.